The van der Waals surface area contributed by atoms with Crippen molar-refractivity contribution in [3.8, 4) is 0 Å². The maximum absolute atomic E-state index is 11.0. The molecule has 8 heteroatoms. The second kappa shape index (κ2) is 5.62. The van der Waals surface area contributed by atoms with Crippen molar-refractivity contribution in [2.45, 2.75) is 6.54 Å². The van der Waals surface area contributed by atoms with Gasteiger partial charge in [0.15, 0.2) is 0 Å². The first-order valence-corrected chi connectivity index (χ1v) is 5.91. The first kappa shape index (κ1) is 13.9. The fourth-order valence-corrected chi connectivity index (χ4v) is 1.85. The van der Waals surface area contributed by atoms with Crippen LogP contribution in [0, 0.1) is 10.1 Å². The molecule has 0 saturated carbocycles. The Kier molecular flexibility index (Phi) is 3.90. The fourth-order valence-electron chi connectivity index (χ4n) is 1.57. The smallest absolute Gasteiger partial charge is 0.404 e. The predicted octanol–water partition coefficient (Wildman–Crippen LogP) is 2.55. The molecule has 104 valence electrons. The second-order valence-corrected chi connectivity index (χ2v) is 4.32. The number of hydrogen-bond donors (Lipinski definition) is 2. The van der Waals surface area contributed by atoms with E-state index in [2.05, 4.69) is 5.32 Å². The highest BCUT2D eigenvalue weighted by atomic mass is 35.5. The first-order valence-electron chi connectivity index (χ1n) is 5.53. The summed E-state index contributed by atoms with van der Waals surface area (Å²) >= 11 is 5.90. The van der Waals surface area contributed by atoms with Crippen LogP contribution in [-0.4, -0.2) is 10.8 Å². The topological polar surface area (TPSA) is 111 Å². The van der Waals surface area contributed by atoms with Gasteiger partial charge in [0.05, 0.1) is 23.2 Å². The van der Waals surface area contributed by atoms with Crippen LogP contribution in [0.5, 0.6) is 0 Å². The van der Waals surface area contributed by atoms with Crippen LogP contribution in [0.2, 0.25) is 5.02 Å². The minimum absolute atomic E-state index is 0.228. The lowest BCUT2D eigenvalue weighted by molar-refractivity contribution is -0.402. The number of hydrogen-bond acceptors (Lipinski definition) is 5. The Hall–Kier alpha value is -2.54. The molecule has 0 radical (unpaired) electrons. The third-order valence-electron chi connectivity index (χ3n) is 2.53. The van der Waals surface area contributed by atoms with Crippen molar-refractivity contribution in [3.63, 3.8) is 0 Å². The molecular formula is C12H10ClN3O4. The van der Waals surface area contributed by atoms with E-state index in [0.29, 0.717) is 11.4 Å². The predicted molar refractivity (Wildman–Crippen MR) is 72.7 cm³/mol. The van der Waals surface area contributed by atoms with Crippen molar-refractivity contribution in [3.05, 3.63) is 56.8 Å². The van der Waals surface area contributed by atoms with E-state index in [4.69, 9.17) is 21.8 Å². The molecule has 0 aliphatic heterocycles. The molecular weight excluding hydrogens is 286 g/mol. The van der Waals surface area contributed by atoms with E-state index in [1.165, 1.54) is 18.2 Å². The normalized spacial score (nSPS) is 10.2. The van der Waals surface area contributed by atoms with Crippen molar-refractivity contribution < 1.29 is 14.1 Å². The fraction of sp³-hybridized carbons (Fsp3) is 0.0833. The summed E-state index contributed by atoms with van der Waals surface area (Å²) in [4.78, 5) is 20.9. The van der Waals surface area contributed by atoms with Gasteiger partial charge in [-0.2, -0.15) is 0 Å². The molecule has 0 fully saturated rings. The van der Waals surface area contributed by atoms with Crippen LogP contribution in [0.3, 0.4) is 0 Å². The van der Waals surface area contributed by atoms with Crippen LogP contribution in [0.4, 0.5) is 11.6 Å². The molecule has 0 atom stereocenters. The van der Waals surface area contributed by atoms with Crippen molar-refractivity contribution in [2.24, 2.45) is 5.73 Å². The van der Waals surface area contributed by atoms with Gasteiger partial charge in [0.25, 0.3) is 0 Å². The van der Waals surface area contributed by atoms with E-state index in [-0.39, 0.29) is 23.0 Å². The average molecular weight is 296 g/mol. The number of benzene rings is 1. The summed E-state index contributed by atoms with van der Waals surface area (Å²) in [6, 6.07) is 7.45. The zero-order valence-corrected chi connectivity index (χ0v) is 10.9. The van der Waals surface area contributed by atoms with Crippen molar-refractivity contribution in [1.82, 2.24) is 0 Å². The van der Waals surface area contributed by atoms with Crippen LogP contribution in [0.25, 0.3) is 0 Å². The van der Waals surface area contributed by atoms with Crippen molar-refractivity contribution in [2.75, 3.05) is 5.32 Å². The summed E-state index contributed by atoms with van der Waals surface area (Å²) < 4.78 is 4.99. The summed E-state index contributed by atoms with van der Waals surface area (Å²) in [5, 5.41) is 13.7. The van der Waals surface area contributed by atoms with Gasteiger partial charge in [0.2, 0.25) is 5.91 Å². The number of furan rings is 1. The largest absolute Gasteiger partial charge is 0.433 e. The van der Waals surface area contributed by atoms with Crippen LogP contribution in [0.1, 0.15) is 16.1 Å². The van der Waals surface area contributed by atoms with Crippen LogP contribution >= 0.6 is 11.6 Å². The van der Waals surface area contributed by atoms with Gasteiger partial charge in [-0.3, -0.25) is 14.9 Å². The number of halogens is 1. The molecule has 1 heterocycles. The summed E-state index contributed by atoms with van der Waals surface area (Å²) in [6.07, 6.45) is 0. The quantitative estimate of drug-likeness (QED) is 0.650. The number of amides is 1. The molecule has 3 N–H and O–H groups in total. The summed E-state index contributed by atoms with van der Waals surface area (Å²) in [5.74, 6) is -0.515. The molecule has 0 saturated heterocycles. The zero-order valence-electron chi connectivity index (χ0n) is 10.1. The molecule has 2 aromatic rings. The Labute approximate surface area is 118 Å². The average Bonchev–Trinajstić information content (AvgIpc) is 2.85. The highest BCUT2D eigenvalue weighted by Crippen LogP contribution is 2.22. The number of nitrogens with two attached hydrogens (primary N) is 1. The van der Waals surface area contributed by atoms with Crippen LogP contribution in [0.15, 0.2) is 34.7 Å². The molecule has 7 nitrogen and oxygen atoms in total. The number of nitro groups is 1. The molecule has 0 bridgehead atoms. The number of primary amides is 1. The Balaban J connectivity index is 2.05. The Bertz CT molecular complexity index is 668. The second-order valence-electron chi connectivity index (χ2n) is 3.91. The monoisotopic (exact) mass is 295 g/mol. The van der Waals surface area contributed by atoms with Gasteiger partial charge in [-0.25, -0.2) is 0 Å². The van der Waals surface area contributed by atoms with Crippen molar-refractivity contribution >= 4 is 29.1 Å². The molecule has 2 rings (SSSR count). The molecule has 1 amide bonds. The van der Waals surface area contributed by atoms with E-state index in [9.17, 15) is 14.9 Å². The van der Waals surface area contributed by atoms with Gasteiger partial charge < -0.3 is 15.5 Å². The number of nitrogens with zero attached hydrogens (tertiary/aromatic N) is 1. The van der Waals surface area contributed by atoms with E-state index in [1.807, 2.05) is 0 Å². The van der Waals surface area contributed by atoms with Gasteiger partial charge in [-0.1, -0.05) is 11.6 Å². The minimum Gasteiger partial charge on any atom is -0.404 e. The van der Waals surface area contributed by atoms with E-state index in [1.54, 1.807) is 12.1 Å². The third kappa shape index (κ3) is 3.07. The Morgan fingerprint density at radius 3 is 2.70 bits per heavy atom. The molecule has 1 aromatic heterocycles. The van der Waals surface area contributed by atoms with E-state index < -0.39 is 10.8 Å². The SMILES string of the molecule is NC(=O)c1ccc(NCc2ccc([N+](=O)[O-])o2)cc1Cl. The summed E-state index contributed by atoms with van der Waals surface area (Å²) in [7, 11) is 0. The molecule has 1 aromatic carbocycles. The highest BCUT2D eigenvalue weighted by molar-refractivity contribution is 6.34. The summed E-state index contributed by atoms with van der Waals surface area (Å²) in [6.45, 7) is 0.250. The Morgan fingerprint density at radius 1 is 1.40 bits per heavy atom. The number of rotatable bonds is 5. The zero-order chi connectivity index (χ0) is 14.7. The lowest BCUT2D eigenvalue weighted by Crippen LogP contribution is -2.11. The minimum atomic E-state index is -0.609. The van der Waals surface area contributed by atoms with E-state index in [0.717, 1.165) is 0 Å². The molecule has 0 aliphatic rings. The van der Waals surface area contributed by atoms with Crippen LogP contribution in [-0.2, 0) is 6.54 Å². The van der Waals surface area contributed by atoms with Gasteiger partial charge in [-0.05, 0) is 24.3 Å². The Morgan fingerprint density at radius 2 is 2.15 bits per heavy atom. The molecule has 0 aliphatic carbocycles. The number of carbonyl (C=O) groups is 1. The van der Waals surface area contributed by atoms with E-state index >= 15 is 0 Å². The number of anilines is 1. The molecule has 20 heavy (non-hydrogen) atoms. The van der Waals surface area contributed by atoms with Gasteiger partial charge in [0, 0.05) is 5.69 Å². The molecule has 0 spiro atoms. The van der Waals surface area contributed by atoms with Gasteiger partial charge >= 0.3 is 5.88 Å². The first-order chi connectivity index (χ1) is 9.47. The maximum atomic E-state index is 11.0. The number of carbonyl (C=O) groups excluding carboxylic acids is 1. The molecule has 0 unspecified atom stereocenters. The van der Waals surface area contributed by atoms with Crippen LogP contribution < -0.4 is 11.1 Å². The third-order valence-corrected chi connectivity index (χ3v) is 2.84. The van der Waals surface area contributed by atoms with Crippen molar-refractivity contribution in [1.29, 1.82) is 0 Å². The lowest BCUT2D eigenvalue weighted by Gasteiger charge is -2.06. The van der Waals surface area contributed by atoms with Gasteiger partial charge in [0.1, 0.15) is 10.7 Å². The summed E-state index contributed by atoms with van der Waals surface area (Å²) in [5.41, 5.74) is 6.00. The maximum Gasteiger partial charge on any atom is 0.433 e. The lowest BCUT2D eigenvalue weighted by atomic mass is 10.2. The van der Waals surface area contributed by atoms with Gasteiger partial charge in [-0.15, -0.1) is 0 Å². The number of nitrogens with one attached hydrogen (secondary N) is 1. The standard InChI is InChI=1S/C12H10ClN3O4/c13-10-5-7(1-3-9(10)12(14)17)15-6-8-2-4-11(20-8)16(18)19/h1-5,15H,6H2,(H2,14,17). The highest BCUT2D eigenvalue weighted by Gasteiger charge is 2.12.